The van der Waals surface area contributed by atoms with Gasteiger partial charge in [-0.1, -0.05) is 15.9 Å². The van der Waals surface area contributed by atoms with Crippen LogP contribution in [0.1, 0.15) is 54.4 Å². The summed E-state index contributed by atoms with van der Waals surface area (Å²) in [7, 11) is 0. The number of rotatable bonds is 5. The van der Waals surface area contributed by atoms with Crippen molar-refractivity contribution in [2.45, 2.75) is 83.9 Å². The Bertz CT molecular complexity index is 362. The highest BCUT2D eigenvalue weighted by molar-refractivity contribution is 9.09. The van der Waals surface area contributed by atoms with Gasteiger partial charge in [0, 0.05) is 5.33 Å². The molecule has 0 saturated carbocycles. The topological polar surface area (TPSA) is 56.8 Å². The maximum Gasteiger partial charge on any atom is 0.407 e. The highest BCUT2D eigenvalue weighted by Gasteiger charge is 2.33. The van der Waals surface area contributed by atoms with E-state index < -0.39 is 17.3 Å². The third kappa shape index (κ3) is 7.29. The van der Waals surface area contributed by atoms with Crippen molar-refractivity contribution in [3.8, 4) is 0 Å². The molecule has 0 aliphatic carbocycles. The zero-order valence-corrected chi connectivity index (χ0v) is 16.2. The molecule has 1 rings (SSSR count). The first-order valence-corrected chi connectivity index (χ1v) is 9.01. The summed E-state index contributed by atoms with van der Waals surface area (Å²) in [4.78, 5) is 11.8. The predicted molar refractivity (Wildman–Crippen MR) is 90.6 cm³/mol. The summed E-state index contributed by atoms with van der Waals surface area (Å²) in [6.45, 7) is 12.1. The van der Waals surface area contributed by atoms with Crippen LogP contribution in [0.4, 0.5) is 4.79 Å². The average Bonchev–Trinajstić information content (AvgIpc) is 2.33. The fourth-order valence-electron chi connectivity index (χ4n) is 2.54. The fourth-order valence-corrected chi connectivity index (χ4v) is 2.87. The van der Waals surface area contributed by atoms with E-state index in [1.54, 1.807) is 0 Å². The summed E-state index contributed by atoms with van der Waals surface area (Å²) in [5.41, 5.74) is -0.973. The summed E-state index contributed by atoms with van der Waals surface area (Å²) < 4.78 is 17.2. The molecule has 1 N–H and O–H groups in total. The second kappa shape index (κ2) is 7.97. The minimum atomic E-state index is -0.499. The maximum absolute atomic E-state index is 11.8. The Hall–Kier alpha value is -0.330. The van der Waals surface area contributed by atoms with E-state index in [1.807, 2.05) is 27.7 Å². The van der Waals surface area contributed by atoms with Crippen LogP contribution in [-0.2, 0) is 14.2 Å². The number of amides is 1. The zero-order valence-electron chi connectivity index (χ0n) is 14.6. The van der Waals surface area contributed by atoms with Gasteiger partial charge >= 0.3 is 6.09 Å². The summed E-state index contributed by atoms with van der Waals surface area (Å²) in [5.74, 6) is 0. The Labute approximate surface area is 142 Å². The maximum atomic E-state index is 11.8. The van der Waals surface area contributed by atoms with Gasteiger partial charge in [0.15, 0.2) is 0 Å². The Balaban J connectivity index is 2.51. The molecule has 1 saturated heterocycles. The second-order valence-electron chi connectivity index (χ2n) is 7.41. The molecule has 22 heavy (non-hydrogen) atoms. The number of alkyl halides is 1. The van der Waals surface area contributed by atoms with E-state index in [0.717, 1.165) is 12.8 Å². The number of carbonyl (C=O) groups excluding carboxylic acids is 1. The molecule has 130 valence electrons. The van der Waals surface area contributed by atoms with Crippen molar-refractivity contribution in [3.63, 3.8) is 0 Å². The molecule has 3 unspecified atom stereocenters. The summed E-state index contributed by atoms with van der Waals surface area (Å²) in [5, 5.41) is 3.43. The van der Waals surface area contributed by atoms with E-state index >= 15 is 0 Å². The smallest absolute Gasteiger partial charge is 0.407 e. The molecule has 1 aliphatic heterocycles. The highest BCUT2D eigenvalue weighted by Crippen LogP contribution is 2.26. The molecular formula is C16H30BrNO4. The van der Waals surface area contributed by atoms with Gasteiger partial charge in [0.25, 0.3) is 0 Å². The van der Waals surface area contributed by atoms with Crippen molar-refractivity contribution in [3.05, 3.63) is 0 Å². The van der Waals surface area contributed by atoms with Gasteiger partial charge in [-0.3, -0.25) is 0 Å². The van der Waals surface area contributed by atoms with E-state index in [-0.39, 0.29) is 18.3 Å². The molecule has 5 nitrogen and oxygen atoms in total. The normalized spacial score (nSPS) is 28.8. The Morgan fingerprint density at radius 1 is 1.23 bits per heavy atom. The lowest BCUT2D eigenvalue weighted by atomic mass is 10.0. The lowest BCUT2D eigenvalue weighted by Gasteiger charge is -2.38. The lowest BCUT2D eigenvalue weighted by molar-refractivity contribution is -0.143. The van der Waals surface area contributed by atoms with Crippen LogP contribution in [0.5, 0.6) is 0 Å². The Kier molecular flexibility index (Phi) is 7.15. The van der Waals surface area contributed by atoms with E-state index in [2.05, 4.69) is 35.1 Å². The molecule has 1 aliphatic rings. The van der Waals surface area contributed by atoms with Crippen molar-refractivity contribution in [1.29, 1.82) is 0 Å². The summed E-state index contributed by atoms with van der Waals surface area (Å²) >= 11 is 3.49. The molecule has 3 atom stereocenters. The van der Waals surface area contributed by atoms with Crippen LogP contribution >= 0.6 is 15.9 Å². The van der Waals surface area contributed by atoms with Crippen molar-refractivity contribution < 1.29 is 19.0 Å². The first-order valence-electron chi connectivity index (χ1n) is 7.89. The number of ether oxygens (including phenoxy) is 3. The standard InChI is InChI=1S/C16H30BrNO4/c1-11-7-13(8-12(2)20-11)21-16(6,9-17)10-18-14(19)22-15(3,4)5/h11-13H,7-10H2,1-6H3,(H,18,19). The molecule has 0 spiro atoms. The molecular weight excluding hydrogens is 350 g/mol. The van der Waals surface area contributed by atoms with E-state index in [4.69, 9.17) is 14.2 Å². The number of alkyl carbamates (subject to hydrolysis) is 1. The van der Waals surface area contributed by atoms with Gasteiger partial charge in [-0.05, 0) is 54.4 Å². The van der Waals surface area contributed by atoms with Crippen LogP contribution in [0, 0.1) is 0 Å². The van der Waals surface area contributed by atoms with E-state index in [9.17, 15) is 4.79 Å². The lowest BCUT2D eigenvalue weighted by Crippen LogP contribution is -2.49. The van der Waals surface area contributed by atoms with Crippen molar-refractivity contribution in [2.75, 3.05) is 11.9 Å². The molecule has 1 fully saturated rings. The van der Waals surface area contributed by atoms with Crippen LogP contribution in [0.3, 0.4) is 0 Å². The highest BCUT2D eigenvalue weighted by atomic mass is 79.9. The number of halogens is 1. The zero-order chi connectivity index (χ0) is 17.0. The van der Waals surface area contributed by atoms with Gasteiger partial charge in [0.2, 0.25) is 0 Å². The van der Waals surface area contributed by atoms with Gasteiger partial charge in [-0.25, -0.2) is 4.79 Å². The minimum absolute atomic E-state index is 0.140. The molecule has 1 amide bonds. The Morgan fingerprint density at radius 2 is 1.77 bits per heavy atom. The average molecular weight is 380 g/mol. The van der Waals surface area contributed by atoms with E-state index in [1.165, 1.54) is 0 Å². The van der Waals surface area contributed by atoms with Crippen molar-refractivity contribution in [2.24, 2.45) is 0 Å². The molecule has 0 bridgehead atoms. The number of hydrogen-bond acceptors (Lipinski definition) is 4. The van der Waals surface area contributed by atoms with Crippen LogP contribution < -0.4 is 5.32 Å². The second-order valence-corrected chi connectivity index (χ2v) is 7.97. The van der Waals surface area contributed by atoms with Gasteiger partial charge < -0.3 is 19.5 Å². The van der Waals surface area contributed by atoms with Crippen molar-refractivity contribution >= 4 is 22.0 Å². The van der Waals surface area contributed by atoms with Gasteiger partial charge in [-0.2, -0.15) is 0 Å². The predicted octanol–water partition coefficient (Wildman–Crippen LogP) is 3.64. The van der Waals surface area contributed by atoms with Gasteiger partial charge in [-0.15, -0.1) is 0 Å². The van der Waals surface area contributed by atoms with Crippen molar-refractivity contribution in [1.82, 2.24) is 5.32 Å². The van der Waals surface area contributed by atoms with Crippen LogP contribution in [-0.4, -0.2) is 47.5 Å². The van der Waals surface area contributed by atoms with Crippen LogP contribution in [0.2, 0.25) is 0 Å². The summed E-state index contributed by atoms with van der Waals surface area (Å²) in [6, 6.07) is 0. The molecule has 6 heteroatoms. The number of carbonyl (C=O) groups is 1. The van der Waals surface area contributed by atoms with E-state index in [0.29, 0.717) is 11.9 Å². The molecule has 1 heterocycles. The Morgan fingerprint density at radius 3 is 2.23 bits per heavy atom. The quantitative estimate of drug-likeness (QED) is 0.740. The fraction of sp³-hybridized carbons (Fsp3) is 0.938. The molecule has 0 aromatic heterocycles. The molecule has 0 aromatic carbocycles. The first-order chi connectivity index (χ1) is 10.0. The number of hydrogen-bond donors (Lipinski definition) is 1. The largest absolute Gasteiger partial charge is 0.444 e. The minimum Gasteiger partial charge on any atom is -0.444 e. The molecule has 0 radical (unpaired) electrons. The van der Waals surface area contributed by atoms with Gasteiger partial charge in [0.05, 0.1) is 30.5 Å². The SMILES string of the molecule is CC1CC(OC(C)(CBr)CNC(=O)OC(C)(C)C)CC(C)O1. The monoisotopic (exact) mass is 379 g/mol. The van der Waals surface area contributed by atoms with Gasteiger partial charge in [0.1, 0.15) is 5.60 Å². The first kappa shape index (κ1) is 19.7. The number of nitrogens with one attached hydrogen (secondary N) is 1. The third-order valence-corrected chi connectivity index (χ3v) is 4.58. The van der Waals surface area contributed by atoms with Crippen LogP contribution in [0.25, 0.3) is 0 Å². The third-order valence-electron chi connectivity index (χ3n) is 3.39. The summed E-state index contributed by atoms with van der Waals surface area (Å²) in [6.07, 6.45) is 1.87. The molecule has 0 aromatic rings. The van der Waals surface area contributed by atoms with Crippen LogP contribution in [0.15, 0.2) is 0 Å².